The van der Waals surface area contributed by atoms with Gasteiger partial charge in [0, 0.05) is 5.02 Å². The lowest BCUT2D eigenvalue weighted by atomic mass is 10.0. The molecule has 1 nitrogen and oxygen atoms in total. The Hall–Kier alpha value is -0.970. The molecule has 2 heteroatoms. The monoisotopic (exact) mass is 207 g/mol. The third-order valence-electron chi connectivity index (χ3n) is 2.20. The highest BCUT2D eigenvalue weighted by atomic mass is 35.5. The molecule has 0 aliphatic rings. The van der Waals surface area contributed by atoms with Crippen molar-refractivity contribution in [1.29, 1.82) is 0 Å². The van der Waals surface area contributed by atoms with E-state index < -0.39 is 0 Å². The highest BCUT2D eigenvalue weighted by Gasteiger charge is 2.10. The molecule has 1 unspecified atom stereocenters. The number of halogens is 1. The molecule has 1 aromatic rings. The van der Waals surface area contributed by atoms with Crippen molar-refractivity contribution in [3.63, 3.8) is 0 Å². The molecule has 0 spiro atoms. The fourth-order valence-electron chi connectivity index (χ4n) is 1.40. The maximum absolute atomic E-state index is 6.02. The minimum absolute atomic E-state index is 0.0429. The second kappa shape index (κ2) is 5.05. The predicted octanol–water partition coefficient (Wildman–Crippen LogP) is 2.93. The van der Waals surface area contributed by atoms with Gasteiger partial charge in [0.15, 0.2) is 0 Å². The van der Waals surface area contributed by atoms with Crippen molar-refractivity contribution in [2.45, 2.75) is 19.9 Å². The third kappa shape index (κ3) is 2.29. The van der Waals surface area contributed by atoms with Gasteiger partial charge >= 0.3 is 0 Å². The van der Waals surface area contributed by atoms with E-state index in [2.05, 4.69) is 11.2 Å². The lowest BCUT2D eigenvalue weighted by Gasteiger charge is -2.15. The number of nitrogens with one attached hydrogen (secondary N) is 1. The van der Waals surface area contributed by atoms with Crippen LogP contribution < -0.4 is 5.32 Å². The van der Waals surface area contributed by atoms with Crippen LogP contribution in [-0.4, -0.2) is 6.54 Å². The SMILES string of the molecule is C#CC(NCC)c1cccc(Cl)c1C. The normalized spacial score (nSPS) is 12.1. The van der Waals surface area contributed by atoms with E-state index in [1.807, 2.05) is 32.0 Å². The van der Waals surface area contributed by atoms with Gasteiger partial charge in [-0.05, 0) is 30.7 Å². The van der Waals surface area contributed by atoms with Crippen LogP contribution in [-0.2, 0) is 0 Å². The number of benzene rings is 1. The quantitative estimate of drug-likeness (QED) is 0.752. The van der Waals surface area contributed by atoms with Gasteiger partial charge in [-0.1, -0.05) is 36.6 Å². The Bertz CT molecular complexity index is 352. The molecule has 0 saturated carbocycles. The second-order valence-electron chi connectivity index (χ2n) is 3.11. The van der Waals surface area contributed by atoms with E-state index in [0.29, 0.717) is 0 Å². The van der Waals surface area contributed by atoms with Crippen molar-refractivity contribution < 1.29 is 0 Å². The van der Waals surface area contributed by atoms with Gasteiger partial charge in [-0.3, -0.25) is 0 Å². The zero-order valence-electron chi connectivity index (χ0n) is 8.47. The Morgan fingerprint density at radius 2 is 2.29 bits per heavy atom. The number of terminal acetylenes is 1. The third-order valence-corrected chi connectivity index (χ3v) is 2.60. The summed E-state index contributed by atoms with van der Waals surface area (Å²) in [7, 11) is 0. The van der Waals surface area contributed by atoms with Crippen LogP contribution in [0.4, 0.5) is 0 Å². The Morgan fingerprint density at radius 3 is 2.86 bits per heavy atom. The molecule has 14 heavy (non-hydrogen) atoms. The highest BCUT2D eigenvalue weighted by molar-refractivity contribution is 6.31. The molecule has 0 heterocycles. The van der Waals surface area contributed by atoms with Crippen molar-refractivity contribution in [3.8, 4) is 12.3 Å². The zero-order chi connectivity index (χ0) is 10.6. The lowest BCUT2D eigenvalue weighted by molar-refractivity contribution is 0.662. The van der Waals surface area contributed by atoms with Crippen LogP contribution in [0.3, 0.4) is 0 Å². The molecule has 1 aromatic carbocycles. The smallest absolute Gasteiger partial charge is 0.0946 e. The maximum Gasteiger partial charge on any atom is 0.0946 e. The summed E-state index contributed by atoms with van der Waals surface area (Å²) in [5.41, 5.74) is 2.14. The predicted molar refractivity (Wildman–Crippen MR) is 61.4 cm³/mol. The summed E-state index contributed by atoms with van der Waals surface area (Å²) in [6.45, 7) is 4.87. The first-order valence-corrected chi connectivity index (χ1v) is 5.03. The molecule has 1 atom stereocenters. The van der Waals surface area contributed by atoms with E-state index in [1.165, 1.54) is 0 Å². The largest absolute Gasteiger partial charge is 0.300 e. The van der Waals surface area contributed by atoms with Gasteiger partial charge < -0.3 is 5.32 Å². The van der Waals surface area contributed by atoms with Gasteiger partial charge in [0.1, 0.15) is 0 Å². The van der Waals surface area contributed by atoms with Crippen LogP contribution in [0.25, 0.3) is 0 Å². The van der Waals surface area contributed by atoms with E-state index in [9.17, 15) is 0 Å². The molecule has 0 bridgehead atoms. The Morgan fingerprint density at radius 1 is 1.57 bits per heavy atom. The van der Waals surface area contributed by atoms with Crippen LogP contribution in [0.2, 0.25) is 5.02 Å². The van der Waals surface area contributed by atoms with Crippen LogP contribution in [0.15, 0.2) is 18.2 Å². The summed E-state index contributed by atoms with van der Waals surface area (Å²) in [5, 5.41) is 3.99. The van der Waals surface area contributed by atoms with Gasteiger partial charge in [0.2, 0.25) is 0 Å². The Balaban J connectivity index is 3.05. The highest BCUT2D eigenvalue weighted by Crippen LogP contribution is 2.23. The maximum atomic E-state index is 6.02. The summed E-state index contributed by atoms with van der Waals surface area (Å²) >= 11 is 6.02. The van der Waals surface area contributed by atoms with E-state index in [4.69, 9.17) is 18.0 Å². The van der Waals surface area contributed by atoms with Gasteiger partial charge in [-0.25, -0.2) is 0 Å². The first kappa shape index (κ1) is 11.1. The molecule has 1 rings (SSSR count). The molecule has 0 amide bonds. The summed E-state index contributed by atoms with van der Waals surface area (Å²) in [5.74, 6) is 2.72. The molecule has 0 aromatic heterocycles. The van der Waals surface area contributed by atoms with Gasteiger partial charge in [0.25, 0.3) is 0 Å². The van der Waals surface area contributed by atoms with Crippen molar-refractivity contribution in [2.24, 2.45) is 0 Å². The van der Waals surface area contributed by atoms with Crippen molar-refractivity contribution in [1.82, 2.24) is 5.32 Å². The molecule has 0 aliphatic carbocycles. The fraction of sp³-hybridized carbons (Fsp3) is 0.333. The van der Waals surface area contributed by atoms with Gasteiger partial charge in [-0.15, -0.1) is 6.42 Å². The molecule has 0 fully saturated rings. The number of rotatable bonds is 3. The molecule has 0 aliphatic heterocycles. The van der Waals surface area contributed by atoms with Gasteiger partial charge in [0.05, 0.1) is 6.04 Å². The van der Waals surface area contributed by atoms with Gasteiger partial charge in [-0.2, -0.15) is 0 Å². The minimum atomic E-state index is -0.0429. The van der Waals surface area contributed by atoms with Crippen LogP contribution >= 0.6 is 11.6 Å². The molecule has 0 radical (unpaired) electrons. The first-order valence-electron chi connectivity index (χ1n) is 4.65. The number of hydrogen-bond acceptors (Lipinski definition) is 1. The second-order valence-corrected chi connectivity index (χ2v) is 3.52. The number of hydrogen-bond donors (Lipinski definition) is 1. The summed E-state index contributed by atoms with van der Waals surface area (Å²) in [6.07, 6.45) is 5.45. The van der Waals surface area contributed by atoms with Crippen molar-refractivity contribution >= 4 is 11.6 Å². The average molecular weight is 208 g/mol. The zero-order valence-corrected chi connectivity index (χ0v) is 9.23. The summed E-state index contributed by atoms with van der Waals surface area (Å²) < 4.78 is 0. The van der Waals surface area contributed by atoms with Crippen LogP contribution in [0.5, 0.6) is 0 Å². The Labute approximate surface area is 90.5 Å². The standard InChI is InChI=1S/C12H14ClN/c1-4-12(14-5-2)10-7-6-8-11(13)9(10)3/h1,6-8,12,14H,5H2,2-3H3. The van der Waals surface area contributed by atoms with E-state index in [1.54, 1.807) is 0 Å². The Kier molecular flexibility index (Phi) is 4.00. The topological polar surface area (TPSA) is 12.0 Å². The first-order chi connectivity index (χ1) is 6.70. The summed E-state index contributed by atoms with van der Waals surface area (Å²) in [4.78, 5) is 0. The minimum Gasteiger partial charge on any atom is -0.300 e. The molecule has 74 valence electrons. The molecule has 1 N–H and O–H groups in total. The van der Waals surface area contributed by atoms with Crippen molar-refractivity contribution in [2.75, 3.05) is 6.54 Å². The lowest BCUT2D eigenvalue weighted by Crippen LogP contribution is -2.20. The summed E-state index contributed by atoms with van der Waals surface area (Å²) in [6, 6.07) is 5.76. The van der Waals surface area contributed by atoms with E-state index >= 15 is 0 Å². The van der Waals surface area contributed by atoms with E-state index in [-0.39, 0.29) is 6.04 Å². The fourth-order valence-corrected chi connectivity index (χ4v) is 1.58. The van der Waals surface area contributed by atoms with Crippen LogP contribution in [0, 0.1) is 19.3 Å². The molecular weight excluding hydrogens is 194 g/mol. The van der Waals surface area contributed by atoms with E-state index in [0.717, 1.165) is 22.7 Å². The molecule has 0 saturated heterocycles. The van der Waals surface area contributed by atoms with Crippen LogP contribution in [0.1, 0.15) is 24.1 Å². The average Bonchev–Trinajstić information content (AvgIpc) is 2.19. The molecular formula is C12H14ClN. The van der Waals surface area contributed by atoms with Crippen molar-refractivity contribution in [3.05, 3.63) is 34.3 Å².